The lowest BCUT2D eigenvalue weighted by molar-refractivity contribution is -0.274. The third kappa shape index (κ3) is 4.58. The van der Waals surface area contributed by atoms with Gasteiger partial charge in [-0.2, -0.15) is 0 Å². The Labute approximate surface area is 135 Å². The van der Waals surface area contributed by atoms with Crippen LogP contribution in [0.4, 0.5) is 13.2 Å². The largest absolute Gasteiger partial charge is 0.573 e. The number of carbonyl (C=O) groups is 2. The van der Waals surface area contributed by atoms with Gasteiger partial charge in [0.2, 0.25) is 0 Å². The van der Waals surface area contributed by atoms with Crippen molar-refractivity contribution in [2.24, 2.45) is 0 Å². The number of alkyl halides is 3. The number of carbonyl (C=O) groups excluding carboxylic acids is 2. The van der Waals surface area contributed by atoms with Gasteiger partial charge in [-0.3, -0.25) is 9.59 Å². The Hall–Kier alpha value is -2.83. The normalized spacial score (nSPS) is 11.0. The first-order valence-corrected chi connectivity index (χ1v) is 6.85. The maximum atomic E-state index is 12.2. The number of hydrogen-bond donors (Lipinski definition) is 0. The lowest BCUT2D eigenvalue weighted by Crippen LogP contribution is -2.17. The summed E-state index contributed by atoms with van der Waals surface area (Å²) in [4.78, 5) is 24.3. The van der Waals surface area contributed by atoms with Crippen LogP contribution in [-0.4, -0.2) is 25.0 Å². The van der Waals surface area contributed by atoms with Crippen LogP contribution in [-0.2, 0) is 0 Å². The van der Waals surface area contributed by atoms with Crippen LogP contribution in [0.15, 0.2) is 48.5 Å². The molecule has 0 fully saturated rings. The van der Waals surface area contributed by atoms with Gasteiger partial charge in [-0.15, -0.1) is 13.2 Å². The van der Waals surface area contributed by atoms with Crippen LogP contribution in [0, 0.1) is 0 Å². The molecule has 0 aliphatic rings. The summed E-state index contributed by atoms with van der Waals surface area (Å²) in [5, 5.41) is 0. The number of rotatable bonds is 6. The zero-order valence-electron chi connectivity index (χ0n) is 12.6. The maximum absolute atomic E-state index is 12.2. The minimum atomic E-state index is -4.80. The molecule has 0 spiro atoms. The van der Waals surface area contributed by atoms with E-state index in [2.05, 4.69) is 4.74 Å². The molecule has 0 N–H and O–H groups in total. The molecule has 0 saturated heterocycles. The molecule has 7 heteroatoms. The van der Waals surface area contributed by atoms with Crippen LogP contribution in [0.2, 0.25) is 0 Å². The monoisotopic (exact) mass is 338 g/mol. The van der Waals surface area contributed by atoms with Gasteiger partial charge in [-0.05, 0) is 36.4 Å². The number of methoxy groups -OCH3 is 1. The number of ketones is 2. The van der Waals surface area contributed by atoms with Crippen molar-refractivity contribution in [2.45, 2.75) is 12.8 Å². The Balaban J connectivity index is 2.08. The number of para-hydroxylation sites is 1. The van der Waals surface area contributed by atoms with Crippen molar-refractivity contribution in [1.82, 2.24) is 0 Å². The molecule has 0 amide bonds. The first-order valence-electron chi connectivity index (χ1n) is 6.85. The highest BCUT2D eigenvalue weighted by Gasteiger charge is 2.31. The quantitative estimate of drug-likeness (QED) is 0.589. The first kappa shape index (κ1) is 17.5. The van der Waals surface area contributed by atoms with E-state index in [1.165, 1.54) is 25.3 Å². The SMILES string of the molecule is COc1ccccc1C(=O)CC(=O)c1ccc(OC(F)(F)F)cc1. The van der Waals surface area contributed by atoms with E-state index in [1.54, 1.807) is 18.2 Å². The highest BCUT2D eigenvalue weighted by Crippen LogP contribution is 2.24. The zero-order valence-corrected chi connectivity index (χ0v) is 12.6. The van der Waals surface area contributed by atoms with Crippen LogP contribution in [0.25, 0.3) is 0 Å². The Morgan fingerprint density at radius 2 is 1.58 bits per heavy atom. The molecular weight excluding hydrogens is 325 g/mol. The van der Waals surface area contributed by atoms with E-state index >= 15 is 0 Å². The Morgan fingerprint density at radius 3 is 2.17 bits per heavy atom. The second kappa shape index (κ2) is 7.16. The zero-order chi connectivity index (χ0) is 17.7. The second-order valence-electron chi connectivity index (χ2n) is 4.80. The highest BCUT2D eigenvalue weighted by molar-refractivity contribution is 6.14. The maximum Gasteiger partial charge on any atom is 0.573 e. The van der Waals surface area contributed by atoms with Crippen LogP contribution < -0.4 is 9.47 Å². The van der Waals surface area contributed by atoms with E-state index in [9.17, 15) is 22.8 Å². The minimum Gasteiger partial charge on any atom is -0.496 e. The van der Waals surface area contributed by atoms with E-state index in [1.807, 2.05) is 0 Å². The molecule has 2 aromatic rings. The van der Waals surface area contributed by atoms with Crippen molar-refractivity contribution >= 4 is 11.6 Å². The smallest absolute Gasteiger partial charge is 0.496 e. The topological polar surface area (TPSA) is 52.6 Å². The summed E-state index contributed by atoms with van der Waals surface area (Å²) in [5.74, 6) is -1.03. The van der Waals surface area contributed by atoms with Gasteiger partial charge in [-0.1, -0.05) is 12.1 Å². The van der Waals surface area contributed by atoms with Crippen LogP contribution in [0.1, 0.15) is 27.1 Å². The van der Waals surface area contributed by atoms with Crippen LogP contribution >= 0.6 is 0 Å². The van der Waals surface area contributed by atoms with Gasteiger partial charge >= 0.3 is 6.36 Å². The van der Waals surface area contributed by atoms with Gasteiger partial charge < -0.3 is 9.47 Å². The molecule has 0 saturated carbocycles. The van der Waals surface area contributed by atoms with Gasteiger partial charge in [0.25, 0.3) is 0 Å². The number of halogens is 3. The molecule has 2 rings (SSSR count). The molecule has 0 aliphatic heterocycles. The lowest BCUT2D eigenvalue weighted by atomic mass is 10.0. The van der Waals surface area contributed by atoms with Crippen molar-refractivity contribution < 1.29 is 32.2 Å². The van der Waals surface area contributed by atoms with E-state index in [0.717, 1.165) is 12.1 Å². The van der Waals surface area contributed by atoms with E-state index in [0.29, 0.717) is 5.75 Å². The predicted molar refractivity (Wildman–Crippen MR) is 79.4 cm³/mol. The Morgan fingerprint density at radius 1 is 0.958 bits per heavy atom. The number of hydrogen-bond acceptors (Lipinski definition) is 4. The highest BCUT2D eigenvalue weighted by atomic mass is 19.4. The Kier molecular flexibility index (Phi) is 5.23. The van der Waals surface area contributed by atoms with Crippen molar-refractivity contribution in [3.63, 3.8) is 0 Å². The average Bonchev–Trinajstić information content (AvgIpc) is 2.53. The molecular formula is C17H13F3O4. The van der Waals surface area contributed by atoms with Crippen molar-refractivity contribution in [3.05, 3.63) is 59.7 Å². The summed E-state index contributed by atoms with van der Waals surface area (Å²) in [7, 11) is 1.41. The van der Waals surface area contributed by atoms with Crippen molar-refractivity contribution in [2.75, 3.05) is 7.11 Å². The molecule has 4 nitrogen and oxygen atoms in total. The van der Waals surface area contributed by atoms with Crippen LogP contribution in [0.5, 0.6) is 11.5 Å². The second-order valence-corrected chi connectivity index (χ2v) is 4.80. The molecule has 0 aliphatic carbocycles. The summed E-state index contributed by atoms with van der Waals surface area (Å²) in [6, 6.07) is 10.9. The molecule has 0 unspecified atom stereocenters. The van der Waals surface area contributed by atoms with E-state index < -0.39 is 30.1 Å². The van der Waals surface area contributed by atoms with Crippen molar-refractivity contribution in [1.29, 1.82) is 0 Å². The summed E-state index contributed by atoms with van der Waals surface area (Å²) in [6.07, 6.45) is -5.22. The van der Waals surface area contributed by atoms with Gasteiger partial charge in [0.1, 0.15) is 11.5 Å². The van der Waals surface area contributed by atoms with Crippen LogP contribution in [0.3, 0.4) is 0 Å². The van der Waals surface area contributed by atoms with Gasteiger partial charge in [0, 0.05) is 5.56 Å². The molecule has 0 radical (unpaired) electrons. The first-order chi connectivity index (χ1) is 11.3. The summed E-state index contributed by atoms with van der Waals surface area (Å²) in [5.41, 5.74) is 0.387. The Bertz CT molecular complexity index is 736. The molecule has 2 aromatic carbocycles. The van der Waals surface area contributed by atoms with Gasteiger partial charge in [-0.25, -0.2) is 0 Å². The average molecular weight is 338 g/mol. The fourth-order valence-electron chi connectivity index (χ4n) is 2.06. The van der Waals surface area contributed by atoms with Gasteiger partial charge in [0.05, 0.1) is 19.1 Å². The molecule has 0 heterocycles. The molecule has 0 atom stereocenters. The molecule has 0 aromatic heterocycles. The molecule has 126 valence electrons. The van der Waals surface area contributed by atoms with Crippen molar-refractivity contribution in [3.8, 4) is 11.5 Å². The number of ether oxygens (including phenoxy) is 2. The molecule has 0 bridgehead atoms. The summed E-state index contributed by atoms with van der Waals surface area (Å²) in [6.45, 7) is 0. The summed E-state index contributed by atoms with van der Waals surface area (Å²) >= 11 is 0. The lowest BCUT2D eigenvalue weighted by Gasteiger charge is -2.09. The number of benzene rings is 2. The fraction of sp³-hybridized carbons (Fsp3) is 0.176. The fourth-order valence-corrected chi connectivity index (χ4v) is 2.06. The molecule has 24 heavy (non-hydrogen) atoms. The van der Waals surface area contributed by atoms with E-state index in [4.69, 9.17) is 4.74 Å². The third-order valence-electron chi connectivity index (χ3n) is 3.14. The van der Waals surface area contributed by atoms with E-state index in [-0.39, 0.29) is 11.1 Å². The predicted octanol–water partition coefficient (Wildman–Crippen LogP) is 4.05. The third-order valence-corrected chi connectivity index (χ3v) is 3.14. The summed E-state index contributed by atoms with van der Waals surface area (Å²) < 4.78 is 45.0. The van der Waals surface area contributed by atoms with Gasteiger partial charge in [0.15, 0.2) is 11.6 Å². The minimum absolute atomic E-state index is 0.118. The standard InChI is InChI=1S/C17H13F3O4/c1-23-16-5-3-2-4-13(16)15(22)10-14(21)11-6-8-12(9-7-11)24-17(18,19)20/h2-9H,10H2,1H3. The number of Topliss-reactive ketones (excluding diaryl/α,β-unsaturated/α-hetero) is 2.